The number of ether oxygens (including phenoxy) is 1. The molecule has 2 rings (SSSR count). The number of hydrogen-bond acceptors (Lipinski definition) is 3. The first-order chi connectivity index (χ1) is 9.45. The predicted octanol–water partition coefficient (Wildman–Crippen LogP) is 2.94. The Labute approximate surface area is 121 Å². The summed E-state index contributed by atoms with van der Waals surface area (Å²) in [6.45, 7) is 10.4. The van der Waals surface area contributed by atoms with Gasteiger partial charge in [0.1, 0.15) is 5.82 Å². The van der Waals surface area contributed by atoms with E-state index in [1.807, 2.05) is 26.0 Å². The lowest BCUT2D eigenvalue weighted by molar-refractivity contribution is -0.00539. The minimum absolute atomic E-state index is 0.139. The normalized spacial score (nSPS) is 23.4. The standard InChI is InChI=1S/C16H25FN2O/c1-11(2)18-8-14-5-6-16(15(17)7-14)19-9-12(3)20-13(4)10-19/h5-7,11-13,18H,8-10H2,1-4H3/t12-,13+. The van der Waals surface area contributed by atoms with Crippen LogP contribution in [0.25, 0.3) is 0 Å². The van der Waals surface area contributed by atoms with E-state index in [1.54, 1.807) is 6.07 Å². The van der Waals surface area contributed by atoms with E-state index in [-0.39, 0.29) is 18.0 Å². The molecule has 3 nitrogen and oxygen atoms in total. The van der Waals surface area contributed by atoms with Crippen molar-refractivity contribution in [3.05, 3.63) is 29.6 Å². The first-order valence-corrected chi connectivity index (χ1v) is 7.38. The van der Waals surface area contributed by atoms with Crippen LogP contribution in [0.15, 0.2) is 18.2 Å². The Hall–Kier alpha value is -1.13. The number of nitrogens with one attached hydrogen (secondary N) is 1. The highest BCUT2D eigenvalue weighted by Crippen LogP contribution is 2.24. The van der Waals surface area contributed by atoms with Crippen molar-refractivity contribution in [1.29, 1.82) is 0 Å². The van der Waals surface area contributed by atoms with Gasteiger partial charge in [-0.25, -0.2) is 4.39 Å². The summed E-state index contributed by atoms with van der Waals surface area (Å²) in [4.78, 5) is 2.08. The Kier molecular flexibility index (Phi) is 5.00. The maximum Gasteiger partial charge on any atom is 0.146 e. The molecule has 0 spiro atoms. The molecule has 0 aromatic heterocycles. The van der Waals surface area contributed by atoms with Crippen molar-refractivity contribution in [2.24, 2.45) is 0 Å². The van der Waals surface area contributed by atoms with Crippen LogP contribution in [-0.2, 0) is 11.3 Å². The molecule has 2 atom stereocenters. The highest BCUT2D eigenvalue weighted by Gasteiger charge is 2.24. The fourth-order valence-electron chi connectivity index (χ4n) is 2.61. The average Bonchev–Trinajstić information content (AvgIpc) is 2.35. The Morgan fingerprint density at radius 1 is 1.30 bits per heavy atom. The summed E-state index contributed by atoms with van der Waals surface area (Å²) >= 11 is 0. The van der Waals surface area contributed by atoms with Crippen LogP contribution in [0.1, 0.15) is 33.3 Å². The van der Waals surface area contributed by atoms with E-state index < -0.39 is 0 Å². The summed E-state index contributed by atoms with van der Waals surface area (Å²) in [7, 11) is 0. The summed E-state index contributed by atoms with van der Waals surface area (Å²) in [5, 5.41) is 3.30. The van der Waals surface area contributed by atoms with E-state index in [9.17, 15) is 4.39 Å². The molecule has 0 bridgehead atoms. The third-order valence-electron chi connectivity index (χ3n) is 3.49. The lowest BCUT2D eigenvalue weighted by atomic mass is 10.1. The Balaban J connectivity index is 2.09. The molecule has 0 unspecified atom stereocenters. The third kappa shape index (κ3) is 3.93. The third-order valence-corrected chi connectivity index (χ3v) is 3.49. The van der Waals surface area contributed by atoms with Crippen LogP contribution in [0, 0.1) is 5.82 Å². The minimum Gasteiger partial charge on any atom is -0.372 e. The van der Waals surface area contributed by atoms with Crippen molar-refractivity contribution < 1.29 is 9.13 Å². The van der Waals surface area contributed by atoms with Crippen LogP contribution in [0.3, 0.4) is 0 Å². The van der Waals surface area contributed by atoms with Crippen LogP contribution in [0.4, 0.5) is 10.1 Å². The van der Waals surface area contributed by atoms with Crippen molar-refractivity contribution in [2.45, 2.75) is 52.5 Å². The van der Waals surface area contributed by atoms with Crippen LogP contribution >= 0.6 is 0 Å². The van der Waals surface area contributed by atoms with Crippen molar-refractivity contribution in [3.8, 4) is 0 Å². The van der Waals surface area contributed by atoms with Gasteiger partial charge in [0.25, 0.3) is 0 Å². The van der Waals surface area contributed by atoms with E-state index in [0.717, 1.165) is 18.7 Å². The molecule has 1 fully saturated rings. The molecule has 0 amide bonds. The number of nitrogens with zero attached hydrogens (tertiary/aromatic N) is 1. The largest absolute Gasteiger partial charge is 0.372 e. The Bertz CT molecular complexity index is 440. The second kappa shape index (κ2) is 6.55. The van der Waals surface area contributed by atoms with Crippen molar-refractivity contribution in [1.82, 2.24) is 5.32 Å². The fraction of sp³-hybridized carbons (Fsp3) is 0.625. The molecule has 0 saturated carbocycles. The molecule has 1 heterocycles. The lowest BCUT2D eigenvalue weighted by Crippen LogP contribution is -2.45. The zero-order valence-corrected chi connectivity index (χ0v) is 12.8. The number of halogens is 1. The average molecular weight is 280 g/mol. The summed E-state index contributed by atoms with van der Waals surface area (Å²) in [5.41, 5.74) is 1.66. The van der Waals surface area contributed by atoms with E-state index in [2.05, 4.69) is 24.1 Å². The molecule has 1 N–H and O–H groups in total. The zero-order chi connectivity index (χ0) is 14.7. The van der Waals surface area contributed by atoms with Crippen LogP contribution in [-0.4, -0.2) is 31.3 Å². The van der Waals surface area contributed by atoms with E-state index in [0.29, 0.717) is 18.3 Å². The SMILES string of the molecule is CC(C)NCc1ccc(N2C[C@@H](C)O[C@@H](C)C2)c(F)c1. The van der Waals surface area contributed by atoms with E-state index in [1.165, 1.54) is 0 Å². The monoisotopic (exact) mass is 280 g/mol. The minimum atomic E-state index is -0.144. The predicted molar refractivity (Wildman–Crippen MR) is 80.6 cm³/mol. The summed E-state index contributed by atoms with van der Waals surface area (Å²) in [6.07, 6.45) is 0.279. The van der Waals surface area contributed by atoms with Crippen LogP contribution in [0.5, 0.6) is 0 Å². The number of hydrogen-bond donors (Lipinski definition) is 1. The molecule has 0 aliphatic carbocycles. The molecule has 1 aromatic carbocycles. The molecular weight excluding hydrogens is 255 g/mol. The van der Waals surface area contributed by atoms with Gasteiger partial charge in [-0.3, -0.25) is 0 Å². The van der Waals surface area contributed by atoms with Gasteiger partial charge >= 0.3 is 0 Å². The highest BCUT2D eigenvalue weighted by molar-refractivity contribution is 5.49. The van der Waals surface area contributed by atoms with Crippen molar-refractivity contribution >= 4 is 5.69 Å². The molecule has 1 aliphatic rings. The molecule has 0 radical (unpaired) electrons. The molecule has 1 aromatic rings. The highest BCUT2D eigenvalue weighted by atomic mass is 19.1. The molecule has 1 aliphatic heterocycles. The van der Waals surface area contributed by atoms with Gasteiger partial charge in [0, 0.05) is 25.7 Å². The summed E-state index contributed by atoms with van der Waals surface area (Å²) in [5.74, 6) is -0.144. The number of morpholine rings is 1. The summed E-state index contributed by atoms with van der Waals surface area (Å²) < 4.78 is 20.0. The fourth-order valence-corrected chi connectivity index (χ4v) is 2.61. The molecule has 20 heavy (non-hydrogen) atoms. The van der Waals surface area contributed by atoms with E-state index in [4.69, 9.17) is 4.74 Å². The Morgan fingerprint density at radius 2 is 1.95 bits per heavy atom. The molecule has 112 valence electrons. The maximum absolute atomic E-state index is 14.3. The summed E-state index contributed by atoms with van der Waals surface area (Å²) in [6, 6.07) is 5.92. The quantitative estimate of drug-likeness (QED) is 0.917. The van der Waals surface area contributed by atoms with Crippen molar-refractivity contribution in [2.75, 3.05) is 18.0 Å². The maximum atomic E-state index is 14.3. The van der Waals surface area contributed by atoms with Crippen LogP contribution in [0.2, 0.25) is 0 Å². The van der Waals surface area contributed by atoms with Gasteiger partial charge in [-0.1, -0.05) is 19.9 Å². The van der Waals surface area contributed by atoms with Gasteiger partial charge in [-0.15, -0.1) is 0 Å². The van der Waals surface area contributed by atoms with Gasteiger partial charge in [-0.2, -0.15) is 0 Å². The lowest BCUT2D eigenvalue weighted by Gasteiger charge is -2.37. The molecule has 4 heteroatoms. The van der Waals surface area contributed by atoms with Crippen molar-refractivity contribution in [3.63, 3.8) is 0 Å². The first kappa shape index (κ1) is 15.3. The van der Waals surface area contributed by atoms with E-state index >= 15 is 0 Å². The second-order valence-electron chi connectivity index (χ2n) is 5.98. The molecular formula is C16H25FN2O. The molecule has 1 saturated heterocycles. The number of anilines is 1. The smallest absolute Gasteiger partial charge is 0.146 e. The first-order valence-electron chi connectivity index (χ1n) is 7.38. The van der Waals surface area contributed by atoms with Gasteiger partial charge in [0.05, 0.1) is 17.9 Å². The number of benzene rings is 1. The Morgan fingerprint density at radius 3 is 2.50 bits per heavy atom. The topological polar surface area (TPSA) is 24.5 Å². The van der Waals surface area contributed by atoms with Gasteiger partial charge in [0.2, 0.25) is 0 Å². The van der Waals surface area contributed by atoms with Gasteiger partial charge in [-0.05, 0) is 31.5 Å². The second-order valence-corrected chi connectivity index (χ2v) is 5.98. The van der Waals surface area contributed by atoms with Crippen LogP contribution < -0.4 is 10.2 Å². The van der Waals surface area contributed by atoms with Gasteiger partial charge < -0.3 is 15.0 Å². The van der Waals surface area contributed by atoms with Gasteiger partial charge in [0.15, 0.2) is 0 Å². The zero-order valence-electron chi connectivity index (χ0n) is 12.8. The number of rotatable bonds is 4.